The SMILES string of the molecule is CCC(CC1CC1)C(F)(F)F. The predicted octanol–water partition coefficient (Wildman–Crippen LogP) is 3.38. The molecular weight excluding hydrogens is 153 g/mol. The Kier molecular flexibility index (Phi) is 2.45. The van der Waals surface area contributed by atoms with Crippen LogP contribution in [0.5, 0.6) is 0 Å². The van der Waals surface area contributed by atoms with Crippen LogP contribution in [0.1, 0.15) is 32.6 Å². The highest BCUT2D eigenvalue weighted by molar-refractivity contribution is 4.79. The summed E-state index contributed by atoms with van der Waals surface area (Å²) < 4.78 is 36.3. The van der Waals surface area contributed by atoms with Crippen molar-refractivity contribution in [1.82, 2.24) is 0 Å². The Bertz CT molecular complexity index is 124. The number of rotatable bonds is 3. The smallest absolute Gasteiger partial charge is 0.171 e. The first kappa shape index (κ1) is 8.88. The van der Waals surface area contributed by atoms with Crippen LogP contribution in [0, 0.1) is 11.8 Å². The van der Waals surface area contributed by atoms with Gasteiger partial charge < -0.3 is 0 Å². The molecule has 0 aromatic rings. The van der Waals surface area contributed by atoms with E-state index in [9.17, 15) is 13.2 Å². The molecule has 0 heterocycles. The summed E-state index contributed by atoms with van der Waals surface area (Å²) in [5, 5.41) is 0. The van der Waals surface area contributed by atoms with Crippen molar-refractivity contribution in [2.75, 3.05) is 0 Å². The molecule has 1 aliphatic rings. The first-order valence-corrected chi connectivity index (χ1v) is 4.10. The normalized spacial score (nSPS) is 21.8. The summed E-state index contributed by atoms with van der Waals surface area (Å²) in [6.07, 6.45) is -1.35. The van der Waals surface area contributed by atoms with E-state index in [1.165, 1.54) is 0 Å². The van der Waals surface area contributed by atoms with Crippen molar-refractivity contribution < 1.29 is 13.2 Å². The molecule has 0 N–H and O–H groups in total. The lowest BCUT2D eigenvalue weighted by Crippen LogP contribution is -2.22. The molecule has 1 atom stereocenters. The van der Waals surface area contributed by atoms with Gasteiger partial charge in [-0.2, -0.15) is 13.2 Å². The van der Waals surface area contributed by atoms with Gasteiger partial charge >= 0.3 is 6.18 Å². The zero-order valence-corrected chi connectivity index (χ0v) is 6.62. The highest BCUT2D eigenvalue weighted by Gasteiger charge is 2.41. The fraction of sp³-hybridized carbons (Fsp3) is 1.00. The van der Waals surface area contributed by atoms with Crippen molar-refractivity contribution in [2.24, 2.45) is 11.8 Å². The molecular formula is C8H13F3. The van der Waals surface area contributed by atoms with Crippen LogP contribution in [-0.4, -0.2) is 6.18 Å². The van der Waals surface area contributed by atoms with Crippen LogP contribution in [0.25, 0.3) is 0 Å². The third-order valence-electron chi connectivity index (χ3n) is 2.27. The molecule has 0 aromatic carbocycles. The Labute approximate surface area is 64.8 Å². The van der Waals surface area contributed by atoms with E-state index in [4.69, 9.17) is 0 Å². The minimum Gasteiger partial charge on any atom is -0.171 e. The van der Waals surface area contributed by atoms with Gasteiger partial charge in [0.2, 0.25) is 0 Å². The van der Waals surface area contributed by atoms with E-state index in [0.29, 0.717) is 12.3 Å². The largest absolute Gasteiger partial charge is 0.391 e. The summed E-state index contributed by atoms with van der Waals surface area (Å²) >= 11 is 0. The van der Waals surface area contributed by atoms with E-state index in [-0.39, 0.29) is 6.42 Å². The van der Waals surface area contributed by atoms with Crippen LogP contribution in [0.2, 0.25) is 0 Å². The molecule has 1 aliphatic carbocycles. The van der Waals surface area contributed by atoms with Crippen molar-refractivity contribution in [1.29, 1.82) is 0 Å². The summed E-state index contributed by atoms with van der Waals surface area (Å²) in [4.78, 5) is 0. The van der Waals surface area contributed by atoms with E-state index in [1.54, 1.807) is 6.92 Å². The summed E-state index contributed by atoms with van der Waals surface area (Å²) in [6, 6.07) is 0. The number of hydrogen-bond donors (Lipinski definition) is 0. The predicted molar refractivity (Wildman–Crippen MR) is 37.2 cm³/mol. The minimum absolute atomic E-state index is 0.236. The zero-order valence-electron chi connectivity index (χ0n) is 6.62. The fourth-order valence-corrected chi connectivity index (χ4v) is 1.29. The Hall–Kier alpha value is -0.210. The Balaban J connectivity index is 2.34. The topological polar surface area (TPSA) is 0 Å². The van der Waals surface area contributed by atoms with Gasteiger partial charge in [0, 0.05) is 0 Å². The van der Waals surface area contributed by atoms with Gasteiger partial charge in [-0.15, -0.1) is 0 Å². The second kappa shape index (κ2) is 3.03. The van der Waals surface area contributed by atoms with Gasteiger partial charge in [-0.3, -0.25) is 0 Å². The molecule has 0 amide bonds. The lowest BCUT2D eigenvalue weighted by molar-refractivity contribution is -0.178. The number of halogens is 3. The molecule has 0 radical (unpaired) electrons. The quantitative estimate of drug-likeness (QED) is 0.603. The second-order valence-electron chi connectivity index (χ2n) is 3.33. The molecule has 0 aliphatic heterocycles. The maximum absolute atomic E-state index is 12.1. The van der Waals surface area contributed by atoms with Crippen LogP contribution >= 0.6 is 0 Å². The fourth-order valence-electron chi connectivity index (χ4n) is 1.29. The molecule has 0 bridgehead atoms. The van der Waals surface area contributed by atoms with Gasteiger partial charge in [-0.05, 0) is 18.8 Å². The number of alkyl halides is 3. The molecule has 0 aromatic heterocycles. The first-order chi connectivity index (χ1) is 5.04. The molecule has 0 nitrogen and oxygen atoms in total. The van der Waals surface area contributed by atoms with Crippen LogP contribution < -0.4 is 0 Å². The molecule has 1 unspecified atom stereocenters. The molecule has 1 fully saturated rings. The summed E-state index contributed by atoms with van der Waals surface area (Å²) in [5.74, 6) is -0.670. The van der Waals surface area contributed by atoms with Gasteiger partial charge in [-0.25, -0.2) is 0 Å². The van der Waals surface area contributed by atoms with Crippen LogP contribution in [0.4, 0.5) is 13.2 Å². The van der Waals surface area contributed by atoms with E-state index in [1.807, 2.05) is 0 Å². The van der Waals surface area contributed by atoms with Gasteiger partial charge in [0.05, 0.1) is 5.92 Å². The zero-order chi connectivity index (χ0) is 8.48. The summed E-state index contributed by atoms with van der Waals surface area (Å²) in [6.45, 7) is 1.61. The third-order valence-corrected chi connectivity index (χ3v) is 2.27. The average molecular weight is 166 g/mol. The second-order valence-corrected chi connectivity index (χ2v) is 3.33. The van der Waals surface area contributed by atoms with Gasteiger partial charge in [0.25, 0.3) is 0 Å². The van der Waals surface area contributed by atoms with Gasteiger partial charge in [-0.1, -0.05) is 19.8 Å². The molecule has 1 rings (SSSR count). The standard InChI is InChI=1S/C8H13F3/c1-2-7(8(9,10)11)5-6-3-4-6/h6-7H,2-5H2,1H3. The van der Waals surface area contributed by atoms with Crippen LogP contribution in [0.15, 0.2) is 0 Å². The van der Waals surface area contributed by atoms with Crippen molar-refractivity contribution in [2.45, 2.75) is 38.8 Å². The maximum atomic E-state index is 12.1. The van der Waals surface area contributed by atoms with Gasteiger partial charge in [0.1, 0.15) is 0 Å². The van der Waals surface area contributed by atoms with Crippen molar-refractivity contribution in [3.8, 4) is 0 Å². The highest BCUT2D eigenvalue weighted by atomic mass is 19.4. The summed E-state index contributed by atoms with van der Waals surface area (Å²) in [7, 11) is 0. The molecule has 0 saturated heterocycles. The molecule has 0 spiro atoms. The van der Waals surface area contributed by atoms with Crippen molar-refractivity contribution in [3.63, 3.8) is 0 Å². The summed E-state index contributed by atoms with van der Waals surface area (Å²) in [5.41, 5.74) is 0. The Morgan fingerprint density at radius 1 is 1.36 bits per heavy atom. The average Bonchev–Trinajstić information content (AvgIpc) is 2.62. The van der Waals surface area contributed by atoms with Crippen molar-refractivity contribution in [3.05, 3.63) is 0 Å². The maximum Gasteiger partial charge on any atom is 0.391 e. The van der Waals surface area contributed by atoms with Crippen LogP contribution in [0.3, 0.4) is 0 Å². The monoisotopic (exact) mass is 166 g/mol. The third kappa shape index (κ3) is 2.72. The van der Waals surface area contributed by atoms with E-state index in [0.717, 1.165) is 12.8 Å². The Morgan fingerprint density at radius 3 is 2.18 bits per heavy atom. The molecule has 66 valence electrons. The Morgan fingerprint density at radius 2 is 1.91 bits per heavy atom. The van der Waals surface area contributed by atoms with E-state index in [2.05, 4.69) is 0 Å². The molecule has 3 heteroatoms. The number of hydrogen-bond acceptors (Lipinski definition) is 0. The molecule has 1 saturated carbocycles. The highest BCUT2D eigenvalue weighted by Crippen LogP contribution is 2.41. The van der Waals surface area contributed by atoms with Gasteiger partial charge in [0.15, 0.2) is 0 Å². The first-order valence-electron chi connectivity index (χ1n) is 4.10. The lowest BCUT2D eigenvalue weighted by atomic mass is 9.99. The lowest BCUT2D eigenvalue weighted by Gasteiger charge is -2.17. The minimum atomic E-state index is -3.96. The van der Waals surface area contributed by atoms with Crippen molar-refractivity contribution >= 4 is 0 Å². The van der Waals surface area contributed by atoms with E-state index >= 15 is 0 Å². The van der Waals surface area contributed by atoms with E-state index < -0.39 is 12.1 Å². The van der Waals surface area contributed by atoms with Crippen LogP contribution in [-0.2, 0) is 0 Å². The molecule has 11 heavy (non-hydrogen) atoms.